The van der Waals surface area contributed by atoms with Gasteiger partial charge in [0.1, 0.15) is 17.4 Å². The summed E-state index contributed by atoms with van der Waals surface area (Å²) in [5, 5.41) is 3.80. The van der Waals surface area contributed by atoms with E-state index in [0.717, 1.165) is 12.8 Å². The minimum atomic E-state index is -0.495. The normalized spacial score (nSPS) is 18.9. The maximum atomic E-state index is 12.6. The molecule has 0 radical (unpaired) electrons. The molecule has 6 nitrogen and oxygen atoms in total. The van der Waals surface area contributed by atoms with Gasteiger partial charge in [0.15, 0.2) is 0 Å². The van der Waals surface area contributed by atoms with Crippen molar-refractivity contribution in [3.05, 3.63) is 17.0 Å². The topological polar surface area (TPSA) is 72.6 Å². The van der Waals surface area contributed by atoms with Gasteiger partial charge >= 0.3 is 5.97 Å². The summed E-state index contributed by atoms with van der Waals surface area (Å²) in [6.07, 6.45) is 2.47. The van der Waals surface area contributed by atoms with Crippen molar-refractivity contribution < 1.29 is 18.8 Å². The molecule has 110 valence electrons. The molecule has 1 amide bonds. The van der Waals surface area contributed by atoms with E-state index in [2.05, 4.69) is 5.16 Å². The Labute approximate surface area is 118 Å². The lowest BCUT2D eigenvalue weighted by Crippen LogP contribution is -2.48. The third kappa shape index (κ3) is 2.69. The molecule has 0 spiro atoms. The highest BCUT2D eigenvalue weighted by molar-refractivity contribution is 5.98. The van der Waals surface area contributed by atoms with Crippen molar-refractivity contribution >= 4 is 11.9 Å². The molecule has 2 rings (SSSR count). The molecular formula is C14H20N2O4. The lowest BCUT2D eigenvalue weighted by molar-refractivity contribution is -0.149. The molecule has 0 aromatic carbocycles. The van der Waals surface area contributed by atoms with Crippen molar-refractivity contribution in [3.63, 3.8) is 0 Å². The van der Waals surface area contributed by atoms with Crippen LogP contribution in [0.1, 0.15) is 48.0 Å². The van der Waals surface area contributed by atoms with Crippen LogP contribution in [-0.4, -0.2) is 41.1 Å². The maximum Gasteiger partial charge on any atom is 0.328 e. The molecule has 1 atom stereocenters. The van der Waals surface area contributed by atoms with E-state index < -0.39 is 6.04 Å². The monoisotopic (exact) mass is 280 g/mol. The molecule has 0 N–H and O–H groups in total. The molecule has 0 bridgehead atoms. The van der Waals surface area contributed by atoms with Crippen molar-refractivity contribution in [2.45, 2.75) is 46.1 Å². The Balaban J connectivity index is 2.24. The van der Waals surface area contributed by atoms with E-state index in [4.69, 9.17) is 9.26 Å². The van der Waals surface area contributed by atoms with E-state index in [1.54, 1.807) is 25.7 Å². The van der Waals surface area contributed by atoms with Crippen LogP contribution in [0.3, 0.4) is 0 Å². The number of aromatic nitrogens is 1. The average Bonchev–Trinajstić information content (AvgIpc) is 2.78. The minimum absolute atomic E-state index is 0.195. The highest BCUT2D eigenvalue weighted by Crippen LogP contribution is 2.23. The first-order valence-electron chi connectivity index (χ1n) is 6.96. The molecule has 1 aromatic heterocycles. The Morgan fingerprint density at radius 2 is 2.15 bits per heavy atom. The first-order valence-corrected chi connectivity index (χ1v) is 6.96. The third-order valence-electron chi connectivity index (χ3n) is 3.57. The first-order chi connectivity index (χ1) is 9.56. The number of esters is 1. The van der Waals surface area contributed by atoms with Gasteiger partial charge in [-0.15, -0.1) is 0 Å². The van der Waals surface area contributed by atoms with E-state index in [1.165, 1.54) is 0 Å². The SMILES string of the molecule is CCOC(=O)C1CCCCN1C(=O)c1c(C)noc1C. The summed E-state index contributed by atoms with van der Waals surface area (Å²) < 4.78 is 10.1. The highest BCUT2D eigenvalue weighted by atomic mass is 16.5. The summed E-state index contributed by atoms with van der Waals surface area (Å²) in [6, 6.07) is -0.495. The number of nitrogens with zero attached hydrogens (tertiary/aromatic N) is 2. The summed E-state index contributed by atoms with van der Waals surface area (Å²) >= 11 is 0. The second-order valence-electron chi connectivity index (χ2n) is 4.96. The van der Waals surface area contributed by atoms with Gasteiger partial charge in [-0.2, -0.15) is 0 Å². The van der Waals surface area contributed by atoms with Crippen LogP contribution in [0.25, 0.3) is 0 Å². The predicted octanol–water partition coefficient (Wildman–Crippen LogP) is 1.85. The van der Waals surface area contributed by atoms with Crippen molar-refractivity contribution in [1.29, 1.82) is 0 Å². The van der Waals surface area contributed by atoms with Gasteiger partial charge in [-0.05, 0) is 40.0 Å². The van der Waals surface area contributed by atoms with Gasteiger partial charge in [0.2, 0.25) is 0 Å². The fourth-order valence-electron chi connectivity index (χ4n) is 2.59. The van der Waals surface area contributed by atoms with Crippen LogP contribution in [0, 0.1) is 13.8 Å². The number of amides is 1. The largest absolute Gasteiger partial charge is 0.464 e. The maximum absolute atomic E-state index is 12.6. The molecule has 0 aliphatic carbocycles. The van der Waals surface area contributed by atoms with Crippen LogP contribution in [-0.2, 0) is 9.53 Å². The van der Waals surface area contributed by atoms with Crippen LogP contribution in [0.4, 0.5) is 0 Å². The van der Waals surface area contributed by atoms with Crippen molar-refractivity contribution in [2.24, 2.45) is 0 Å². The number of hydrogen-bond donors (Lipinski definition) is 0. The van der Waals surface area contributed by atoms with Gasteiger partial charge in [-0.3, -0.25) is 4.79 Å². The Morgan fingerprint density at radius 3 is 2.75 bits per heavy atom. The lowest BCUT2D eigenvalue weighted by Gasteiger charge is -2.33. The summed E-state index contributed by atoms with van der Waals surface area (Å²) in [4.78, 5) is 26.2. The van der Waals surface area contributed by atoms with Gasteiger partial charge in [0, 0.05) is 6.54 Å². The van der Waals surface area contributed by atoms with Crippen molar-refractivity contribution in [1.82, 2.24) is 10.1 Å². The molecule has 20 heavy (non-hydrogen) atoms. The van der Waals surface area contributed by atoms with Crippen LogP contribution in [0.2, 0.25) is 0 Å². The molecule has 6 heteroatoms. The predicted molar refractivity (Wildman–Crippen MR) is 71.3 cm³/mol. The number of rotatable bonds is 3. The van der Waals surface area contributed by atoms with Gasteiger partial charge in [0.05, 0.1) is 12.3 Å². The Morgan fingerprint density at radius 1 is 1.40 bits per heavy atom. The standard InChI is InChI=1S/C14H20N2O4/c1-4-19-14(18)11-7-5-6-8-16(11)13(17)12-9(2)15-20-10(12)3/h11H,4-8H2,1-3H3. The quantitative estimate of drug-likeness (QED) is 0.790. The molecule has 2 heterocycles. The Hall–Kier alpha value is -1.85. The second kappa shape index (κ2) is 6.07. The number of piperidine rings is 1. The lowest BCUT2D eigenvalue weighted by atomic mass is 10.0. The summed E-state index contributed by atoms with van der Waals surface area (Å²) in [5.74, 6) is -0.0352. The summed E-state index contributed by atoms with van der Waals surface area (Å²) in [6.45, 7) is 6.08. The molecule has 0 saturated carbocycles. The molecule has 1 aliphatic heterocycles. The molecule has 1 aromatic rings. The van der Waals surface area contributed by atoms with Gasteiger partial charge < -0.3 is 14.2 Å². The highest BCUT2D eigenvalue weighted by Gasteiger charge is 2.35. The van der Waals surface area contributed by atoms with E-state index in [-0.39, 0.29) is 11.9 Å². The van der Waals surface area contributed by atoms with E-state index in [0.29, 0.717) is 36.6 Å². The van der Waals surface area contributed by atoms with Crippen LogP contribution >= 0.6 is 0 Å². The minimum Gasteiger partial charge on any atom is -0.464 e. The zero-order chi connectivity index (χ0) is 14.7. The fourth-order valence-corrected chi connectivity index (χ4v) is 2.59. The molecule has 1 fully saturated rings. The smallest absolute Gasteiger partial charge is 0.328 e. The first kappa shape index (κ1) is 14.6. The molecule has 1 aliphatic rings. The average molecular weight is 280 g/mol. The van der Waals surface area contributed by atoms with Crippen molar-refractivity contribution in [3.8, 4) is 0 Å². The number of aryl methyl sites for hydroxylation is 2. The van der Waals surface area contributed by atoms with E-state index in [9.17, 15) is 9.59 Å². The summed E-state index contributed by atoms with van der Waals surface area (Å²) in [5.41, 5.74) is 1.02. The number of ether oxygens (including phenoxy) is 1. The van der Waals surface area contributed by atoms with Crippen LogP contribution in [0.5, 0.6) is 0 Å². The fraction of sp³-hybridized carbons (Fsp3) is 0.643. The van der Waals surface area contributed by atoms with Crippen molar-refractivity contribution in [2.75, 3.05) is 13.2 Å². The van der Waals surface area contributed by atoms with Gasteiger partial charge in [-0.25, -0.2) is 4.79 Å². The third-order valence-corrected chi connectivity index (χ3v) is 3.57. The van der Waals surface area contributed by atoms with E-state index >= 15 is 0 Å². The van der Waals surface area contributed by atoms with Gasteiger partial charge in [-0.1, -0.05) is 5.16 Å². The Bertz CT molecular complexity index is 490. The van der Waals surface area contributed by atoms with Gasteiger partial charge in [0.25, 0.3) is 5.91 Å². The number of hydrogen-bond acceptors (Lipinski definition) is 5. The number of carbonyl (C=O) groups is 2. The van der Waals surface area contributed by atoms with E-state index in [1.807, 2.05) is 0 Å². The number of likely N-dealkylation sites (tertiary alicyclic amines) is 1. The molecule has 1 unspecified atom stereocenters. The number of carbonyl (C=O) groups excluding carboxylic acids is 2. The molecular weight excluding hydrogens is 260 g/mol. The second-order valence-corrected chi connectivity index (χ2v) is 4.96. The molecule has 1 saturated heterocycles. The summed E-state index contributed by atoms with van der Waals surface area (Å²) in [7, 11) is 0. The van der Waals surface area contributed by atoms with Crippen LogP contribution < -0.4 is 0 Å². The van der Waals surface area contributed by atoms with Crippen LogP contribution in [0.15, 0.2) is 4.52 Å². The Kier molecular flexibility index (Phi) is 4.42. The zero-order valence-corrected chi connectivity index (χ0v) is 12.1. The zero-order valence-electron chi connectivity index (χ0n) is 12.1.